The number of aryl methyl sites for hydroxylation is 1. The van der Waals surface area contributed by atoms with E-state index >= 15 is 0 Å². The number of hydrogen-bond donors (Lipinski definition) is 0. The summed E-state index contributed by atoms with van der Waals surface area (Å²) in [7, 11) is 0. The van der Waals surface area contributed by atoms with Gasteiger partial charge >= 0.3 is 0 Å². The summed E-state index contributed by atoms with van der Waals surface area (Å²) in [4.78, 5) is 0. The lowest BCUT2D eigenvalue weighted by Gasteiger charge is -2.08. The molecular weight excluding hydrogens is 508 g/mol. The first-order valence-electron chi connectivity index (χ1n) is 19.8. The Morgan fingerprint density at radius 2 is 0.762 bits per heavy atom. The van der Waals surface area contributed by atoms with Crippen LogP contribution in [-0.2, 0) is 13.0 Å². The molecule has 0 aromatic carbocycles. The molecule has 0 atom stereocenters. The van der Waals surface area contributed by atoms with E-state index in [9.17, 15) is 0 Å². The minimum Gasteiger partial charge on any atom is -0.234 e. The predicted octanol–water partition coefficient (Wildman–Crippen LogP) is 13.6. The highest BCUT2D eigenvalue weighted by Crippen LogP contribution is 2.16. The number of unbranched alkanes of at least 4 members (excludes halogenated alkanes) is 28. The van der Waals surface area contributed by atoms with Crippen LogP contribution in [0.4, 0.5) is 0 Å². The molecule has 0 bridgehead atoms. The lowest BCUT2D eigenvalue weighted by molar-refractivity contribution is -0.704. The minimum absolute atomic E-state index is 0.568. The maximum atomic E-state index is 2.59. The summed E-state index contributed by atoms with van der Waals surface area (Å²) in [6.07, 6.45) is 49.2. The van der Waals surface area contributed by atoms with Gasteiger partial charge in [-0.3, -0.25) is 0 Å². The van der Waals surface area contributed by atoms with Gasteiger partial charge in [-0.15, -0.1) is 0 Å². The Morgan fingerprint density at radius 3 is 1.10 bits per heavy atom. The van der Waals surface area contributed by atoms with Crippen LogP contribution in [0.5, 0.6) is 0 Å². The zero-order valence-corrected chi connectivity index (χ0v) is 29.8. The molecule has 0 fully saturated rings. The van der Waals surface area contributed by atoms with Crippen LogP contribution in [0.3, 0.4) is 0 Å². The third-order valence-electron chi connectivity index (χ3n) is 9.60. The summed E-state index contributed by atoms with van der Waals surface area (Å²) in [5.74, 6) is 1.57. The first kappa shape index (κ1) is 39.2. The van der Waals surface area contributed by atoms with Crippen molar-refractivity contribution in [2.45, 2.75) is 239 Å². The largest absolute Gasteiger partial charge is 0.256 e. The van der Waals surface area contributed by atoms with E-state index < -0.39 is 0 Å². The Balaban J connectivity index is 2.02. The number of hydrogen-bond acceptors (Lipinski definition) is 0. The van der Waals surface area contributed by atoms with E-state index in [4.69, 9.17) is 0 Å². The Kier molecular flexibility index (Phi) is 28.3. The van der Waals surface area contributed by atoms with Gasteiger partial charge in [0, 0.05) is 6.42 Å². The molecular formula is C40H79N2+. The normalized spacial score (nSPS) is 11.7. The molecule has 2 nitrogen and oxygen atoms in total. The van der Waals surface area contributed by atoms with Crippen molar-refractivity contribution >= 4 is 0 Å². The van der Waals surface area contributed by atoms with E-state index in [0.717, 1.165) is 0 Å². The van der Waals surface area contributed by atoms with Gasteiger partial charge in [-0.2, -0.15) is 0 Å². The molecule has 42 heavy (non-hydrogen) atoms. The minimum atomic E-state index is 0.568. The first-order valence-corrected chi connectivity index (χ1v) is 19.8. The average molecular weight is 588 g/mol. The topological polar surface area (TPSA) is 8.81 Å². The molecule has 1 rings (SSSR count). The Morgan fingerprint density at radius 1 is 0.452 bits per heavy atom. The predicted molar refractivity (Wildman–Crippen MR) is 189 cm³/mol. The van der Waals surface area contributed by atoms with Crippen LogP contribution in [-0.4, -0.2) is 4.57 Å². The van der Waals surface area contributed by atoms with E-state index in [-0.39, 0.29) is 0 Å². The summed E-state index contributed by atoms with van der Waals surface area (Å²) in [5.41, 5.74) is 0. The molecule has 0 N–H and O–H groups in total. The maximum absolute atomic E-state index is 2.59. The van der Waals surface area contributed by atoms with Crippen molar-refractivity contribution in [2.24, 2.45) is 0 Å². The Labute approximate surface area is 266 Å². The van der Waals surface area contributed by atoms with Gasteiger partial charge in [0.15, 0.2) is 0 Å². The van der Waals surface area contributed by atoms with Crippen molar-refractivity contribution in [3.8, 4) is 0 Å². The molecule has 1 heterocycles. The second kappa shape index (κ2) is 30.2. The van der Waals surface area contributed by atoms with E-state index in [2.05, 4.69) is 49.2 Å². The maximum Gasteiger partial charge on any atom is 0.256 e. The quantitative estimate of drug-likeness (QED) is 0.0571. The van der Waals surface area contributed by atoms with Crippen molar-refractivity contribution in [1.29, 1.82) is 0 Å². The molecule has 0 saturated heterocycles. The fourth-order valence-electron chi connectivity index (χ4n) is 6.73. The monoisotopic (exact) mass is 588 g/mol. The third-order valence-corrected chi connectivity index (χ3v) is 9.60. The van der Waals surface area contributed by atoms with Gasteiger partial charge in [0.25, 0.3) is 5.82 Å². The standard InChI is InChI=1S/C40H79N2/c1-5-7-9-11-13-15-17-19-20-21-22-24-26-28-30-32-34-36-41-37-38-42(39(3)4)40(41)35-33-31-29-27-25-23-18-16-14-12-10-8-6-2/h37-39H,5-36H2,1-4H3/q+1. The van der Waals surface area contributed by atoms with E-state index in [0.29, 0.717) is 6.04 Å². The zero-order chi connectivity index (χ0) is 30.4. The molecule has 1 aromatic rings. The second-order valence-corrected chi connectivity index (χ2v) is 14.1. The summed E-state index contributed by atoms with van der Waals surface area (Å²) in [5, 5.41) is 0. The molecule has 0 spiro atoms. The third kappa shape index (κ3) is 22.7. The summed E-state index contributed by atoms with van der Waals surface area (Å²) in [6.45, 7) is 10.5. The number of aromatic nitrogens is 2. The number of rotatable bonds is 33. The van der Waals surface area contributed by atoms with Crippen molar-refractivity contribution < 1.29 is 4.57 Å². The second-order valence-electron chi connectivity index (χ2n) is 14.1. The van der Waals surface area contributed by atoms with Gasteiger partial charge in [0.1, 0.15) is 12.4 Å². The van der Waals surface area contributed by atoms with Crippen LogP contribution < -0.4 is 4.57 Å². The van der Waals surface area contributed by atoms with Crippen LogP contribution in [0.2, 0.25) is 0 Å². The molecule has 1 aromatic heterocycles. The molecule has 0 radical (unpaired) electrons. The van der Waals surface area contributed by atoms with Gasteiger partial charge in [0.2, 0.25) is 0 Å². The Hall–Kier alpha value is -0.790. The number of imidazole rings is 1. The van der Waals surface area contributed by atoms with Crippen LogP contribution in [0.1, 0.15) is 232 Å². The zero-order valence-electron chi connectivity index (χ0n) is 29.8. The lowest BCUT2D eigenvalue weighted by Crippen LogP contribution is -2.37. The summed E-state index contributed by atoms with van der Waals surface area (Å²) < 4.78 is 5.12. The van der Waals surface area contributed by atoms with Crippen molar-refractivity contribution in [3.63, 3.8) is 0 Å². The molecule has 0 amide bonds. The molecule has 0 unspecified atom stereocenters. The first-order chi connectivity index (χ1) is 20.7. The van der Waals surface area contributed by atoms with E-state index in [1.807, 2.05) is 0 Å². The van der Waals surface area contributed by atoms with Crippen molar-refractivity contribution in [3.05, 3.63) is 18.2 Å². The Bertz CT molecular complexity index is 661. The summed E-state index contributed by atoms with van der Waals surface area (Å²) >= 11 is 0. The molecule has 0 aliphatic rings. The molecule has 0 aliphatic heterocycles. The molecule has 0 saturated carbocycles. The number of nitrogens with zero attached hydrogens (tertiary/aromatic N) is 2. The van der Waals surface area contributed by atoms with Gasteiger partial charge < -0.3 is 0 Å². The highest BCUT2D eigenvalue weighted by atomic mass is 15.2. The molecule has 248 valence electrons. The van der Waals surface area contributed by atoms with Crippen molar-refractivity contribution in [1.82, 2.24) is 4.57 Å². The van der Waals surface area contributed by atoms with Crippen LogP contribution in [0, 0.1) is 0 Å². The fourth-order valence-corrected chi connectivity index (χ4v) is 6.73. The molecule has 0 aliphatic carbocycles. The highest BCUT2D eigenvalue weighted by Gasteiger charge is 2.18. The molecule has 2 heteroatoms. The average Bonchev–Trinajstić information content (AvgIpc) is 3.40. The SMILES string of the molecule is CCCCCCCCCCCCCCCCCCC[n+]1ccn(C(C)C)c1CCCCCCCCCCCCCCC. The van der Waals surface area contributed by atoms with Crippen LogP contribution in [0.25, 0.3) is 0 Å². The summed E-state index contributed by atoms with van der Waals surface area (Å²) in [6, 6.07) is 0.568. The van der Waals surface area contributed by atoms with Gasteiger partial charge in [-0.05, 0) is 33.1 Å². The van der Waals surface area contributed by atoms with Gasteiger partial charge in [0.05, 0.1) is 12.6 Å². The van der Waals surface area contributed by atoms with Crippen molar-refractivity contribution in [2.75, 3.05) is 0 Å². The van der Waals surface area contributed by atoms with E-state index in [1.165, 1.54) is 206 Å². The van der Waals surface area contributed by atoms with Gasteiger partial charge in [-0.1, -0.05) is 187 Å². The fraction of sp³-hybridized carbons (Fsp3) is 0.925. The van der Waals surface area contributed by atoms with Crippen LogP contribution >= 0.6 is 0 Å². The smallest absolute Gasteiger partial charge is 0.234 e. The van der Waals surface area contributed by atoms with E-state index in [1.54, 1.807) is 5.82 Å². The highest BCUT2D eigenvalue weighted by molar-refractivity contribution is 4.86. The lowest BCUT2D eigenvalue weighted by atomic mass is 10.0. The van der Waals surface area contributed by atoms with Gasteiger partial charge in [-0.25, -0.2) is 9.13 Å². The van der Waals surface area contributed by atoms with Crippen LogP contribution in [0.15, 0.2) is 12.4 Å².